The van der Waals surface area contributed by atoms with Crippen LogP contribution in [0.2, 0.25) is 0 Å². The maximum atomic E-state index is 5.79. The molecule has 0 saturated carbocycles. The molecule has 0 saturated heterocycles. The Morgan fingerprint density at radius 2 is 2.00 bits per heavy atom. The second kappa shape index (κ2) is 4.50. The first-order chi connectivity index (χ1) is 8.09. The number of anilines is 2. The molecule has 6 heteroatoms. The summed E-state index contributed by atoms with van der Waals surface area (Å²) in [6.45, 7) is 0. The molecule has 6 nitrogen and oxygen atoms in total. The summed E-state index contributed by atoms with van der Waals surface area (Å²) in [4.78, 5) is 7.69. The van der Waals surface area contributed by atoms with Crippen molar-refractivity contribution in [3.05, 3.63) is 24.3 Å². The maximum absolute atomic E-state index is 5.79. The third-order valence-electron chi connectivity index (χ3n) is 2.35. The van der Waals surface area contributed by atoms with E-state index >= 15 is 0 Å². The predicted octanol–water partition coefficient (Wildman–Crippen LogP) is 0.459. The van der Waals surface area contributed by atoms with Crippen molar-refractivity contribution in [2.24, 2.45) is 0 Å². The highest BCUT2D eigenvalue weighted by Crippen LogP contribution is 2.28. The van der Waals surface area contributed by atoms with Crippen LogP contribution in [0.15, 0.2) is 24.3 Å². The van der Waals surface area contributed by atoms with Crippen LogP contribution >= 0.6 is 0 Å². The summed E-state index contributed by atoms with van der Waals surface area (Å²) >= 11 is 0. The molecule has 92 valence electrons. The number of rotatable bonds is 1. The Morgan fingerprint density at radius 3 is 2.65 bits per heavy atom. The number of para-hydroxylation sites is 2. The minimum Gasteiger partial charge on any atom is -0.299 e. The summed E-state index contributed by atoms with van der Waals surface area (Å²) in [5, 5.41) is 1.60. The number of fused-ring (bicyclic) bond motifs is 1. The lowest BCUT2D eigenvalue weighted by atomic mass is 10.3. The molecule has 1 aliphatic heterocycles. The van der Waals surface area contributed by atoms with E-state index in [9.17, 15) is 0 Å². The van der Waals surface area contributed by atoms with Crippen molar-refractivity contribution in [2.75, 3.05) is 38.8 Å². The van der Waals surface area contributed by atoms with Crippen LogP contribution in [0, 0.1) is 0 Å². The summed E-state index contributed by atoms with van der Waals surface area (Å²) in [5.74, 6) is 0. The number of hydrogen-bond acceptors (Lipinski definition) is 4. The number of nitrogens with one attached hydrogen (secondary N) is 2. The van der Waals surface area contributed by atoms with E-state index in [0.29, 0.717) is 0 Å². The number of hydrazine groups is 2. The molecule has 0 amide bonds. The van der Waals surface area contributed by atoms with Gasteiger partial charge in [0.1, 0.15) is 5.69 Å². The highest BCUT2D eigenvalue weighted by Gasteiger charge is 2.25. The predicted molar refractivity (Wildman–Crippen MR) is 67.6 cm³/mol. The van der Waals surface area contributed by atoms with E-state index in [2.05, 4.69) is 11.0 Å². The molecule has 0 spiro atoms. The van der Waals surface area contributed by atoms with Crippen LogP contribution in [0.3, 0.4) is 0 Å². The Kier molecular flexibility index (Phi) is 3.06. The summed E-state index contributed by atoms with van der Waals surface area (Å²) in [6, 6.07) is 8.63. The largest absolute Gasteiger partial charge is 0.471 e. The van der Waals surface area contributed by atoms with Crippen molar-refractivity contribution >= 4 is 17.4 Å². The molecule has 2 rings (SSSR count). The lowest BCUT2D eigenvalue weighted by Gasteiger charge is -2.19. The van der Waals surface area contributed by atoms with Crippen LogP contribution in [-0.2, 0) is 4.84 Å². The normalized spacial score (nSPS) is 12.8. The van der Waals surface area contributed by atoms with Gasteiger partial charge in [0.25, 0.3) is 0 Å². The highest BCUT2D eigenvalue weighted by molar-refractivity contribution is 5.75. The summed E-state index contributed by atoms with van der Waals surface area (Å²) in [5.41, 5.74) is 7.93. The van der Waals surface area contributed by atoms with Gasteiger partial charge in [0.05, 0.1) is 33.9 Å². The van der Waals surface area contributed by atoms with Crippen molar-refractivity contribution in [1.29, 1.82) is 0 Å². The second-order valence-corrected chi connectivity index (χ2v) is 4.21. The summed E-state index contributed by atoms with van der Waals surface area (Å²) in [7, 11) is 7.74. The smallest absolute Gasteiger partial charge is 0.299 e. The second-order valence-electron chi connectivity index (χ2n) is 4.21. The van der Waals surface area contributed by atoms with Crippen LogP contribution in [0.1, 0.15) is 0 Å². The van der Waals surface area contributed by atoms with Crippen molar-refractivity contribution in [3.8, 4) is 0 Å². The molecule has 1 aromatic carbocycles. The third-order valence-corrected chi connectivity index (χ3v) is 2.35. The molecule has 1 aromatic rings. The molecule has 17 heavy (non-hydrogen) atoms. The highest BCUT2D eigenvalue weighted by atomic mass is 16.7. The van der Waals surface area contributed by atoms with E-state index in [-0.39, 0.29) is 0 Å². The lowest BCUT2D eigenvalue weighted by Crippen LogP contribution is -2.44. The Labute approximate surface area is 101 Å². The molecule has 0 bridgehead atoms. The van der Waals surface area contributed by atoms with Gasteiger partial charge in [-0.2, -0.15) is 0 Å². The fourth-order valence-corrected chi connectivity index (χ4v) is 1.64. The number of amidine groups is 1. The van der Waals surface area contributed by atoms with Gasteiger partial charge in [0, 0.05) is 0 Å². The van der Waals surface area contributed by atoms with Crippen LogP contribution < -0.4 is 16.1 Å². The van der Waals surface area contributed by atoms with Crippen molar-refractivity contribution in [2.45, 2.75) is 0 Å². The molecular formula is C11H18N5O+. The van der Waals surface area contributed by atoms with Crippen LogP contribution in [0.4, 0.5) is 11.4 Å². The molecule has 1 aliphatic rings. The lowest BCUT2D eigenvalue weighted by molar-refractivity contribution is -0.481. The first kappa shape index (κ1) is 11.5. The van der Waals surface area contributed by atoms with Gasteiger partial charge < -0.3 is 0 Å². The third kappa shape index (κ3) is 2.26. The minimum absolute atomic E-state index is 0.732. The zero-order valence-electron chi connectivity index (χ0n) is 10.6. The van der Waals surface area contributed by atoms with Gasteiger partial charge in [0.15, 0.2) is 0 Å². The molecule has 0 atom stereocenters. The molecule has 0 aliphatic carbocycles. The van der Waals surface area contributed by atoms with Crippen LogP contribution in [-0.4, -0.2) is 43.7 Å². The summed E-state index contributed by atoms with van der Waals surface area (Å²) < 4.78 is 1.91. The van der Waals surface area contributed by atoms with E-state index < -0.39 is 0 Å². The van der Waals surface area contributed by atoms with Crippen molar-refractivity contribution in [1.82, 2.24) is 10.4 Å². The maximum Gasteiger partial charge on any atom is 0.471 e. The molecular weight excluding hydrogens is 218 g/mol. The van der Waals surface area contributed by atoms with E-state index in [0.717, 1.165) is 17.4 Å². The number of benzene rings is 1. The van der Waals surface area contributed by atoms with Crippen molar-refractivity contribution < 1.29 is 9.41 Å². The first-order valence-electron chi connectivity index (χ1n) is 5.40. The average molecular weight is 236 g/mol. The Bertz CT molecular complexity index is 439. The van der Waals surface area contributed by atoms with Crippen LogP contribution in [0.5, 0.6) is 0 Å². The molecule has 0 radical (unpaired) electrons. The quantitative estimate of drug-likeness (QED) is 0.421. The SMILES string of the molecule is CN(C)C(ON1NNc2ccccc21)=[N+](C)C. The van der Waals surface area contributed by atoms with Crippen molar-refractivity contribution in [3.63, 3.8) is 0 Å². The monoisotopic (exact) mass is 236 g/mol. The molecule has 0 aromatic heterocycles. The Hall–Kier alpha value is -1.95. The average Bonchev–Trinajstić information content (AvgIpc) is 2.68. The topological polar surface area (TPSA) is 42.8 Å². The molecule has 2 N–H and O–H groups in total. The fraction of sp³-hybridized carbons (Fsp3) is 0.364. The van der Waals surface area contributed by atoms with Gasteiger partial charge in [0.2, 0.25) is 0 Å². The molecule has 1 heterocycles. The van der Waals surface area contributed by atoms with Gasteiger partial charge in [-0.15, -0.1) is 10.7 Å². The zero-order chi connectivity index (χ0) is 12.4. The van der Waals surface area contributed by atoms with Gasteiger partial charge in [-0.3, -0.25) is 10.3 Å². The van der Waals surface area contributed by atoms with E-state index in [1.165, 1.54) is 0 Å². The van der Waals surface area contributed by atoms with E-state index in [1.807, 2.05) is 61.9 Å². The van der Waals surface area contributed by atoms with Gasteiger partial charge in [-0.05, 0) is 12.1 Å². The summed E-state index contributed by atoms with van der Waals surface area (Å²) in [6.07, 6.45) is 0. The Balaban J connectivity index is 2.20. The van der Waals surface area contributed by atoms with Gasteiger partial charge in [-0.25, -0.2) is 9.48 Å². The minimum atomic E-state index is 0.732. The molecule has 0 unspecified atom stereocenters. The Morgan fingerprint density at radius 1 is 1.29 bits per heavy atom. The van der Waals surface area contributed by atoms with E-state index in [1.54, 1.807) is 5.17 Å². The standard InChI is InChI=1S/C11H18N5O/c1-14(2)11(15(3)4)17-16-10-8-6-5-7-9(10)12-13-16/h5-8,12-13H,1-4H3/q+1. The molecule has 0 fully saturated rings. The zero-order valence-corrected chi connectivity index (χ0v) is 10.6. The van der Waals surface area contributed by atoms with Crippen LogP contribution in [0.25, 0.3) is 0 Å². The fourth-order valence-electron chi connectivity index (χ4n) is 1.64. The number of nitrogens with zero attached hydrogens (tertiary/aromatic N) is 3. The first-order valence-corrected chi connectivity index (χ1v) is 5.40. The van der Waals surface area contributed by atoms with E-state index in [4.69, 9.17) is 4.84 Å². The van der Waals surface area contributed by atoms with Gasteiger partial charge in [-0.1, -0.05) is 12.1 Å². The number of hydrogen-bond donors (Lipinski definition) is 2. The van der Waals surface area contributed by atoms with Gasteiger partial charge >= 0.3 is 6.02 Å².